The maximum absolute atomic E-state index is 10.7. The number of thiazole rings is 1. The Labute approximate surface area is 152 Å². The van der Waals surface area contributed by atoms with Crippen LogP contribution in [0.4, 0.5) is 5.69 Å². The summed E-state index contributed by atoms with van der Waals surface area (Å²) in [6.45, 7) is 0. The Morgan fingerprint density at radius 2 is 1.88 bits per heavy atom. The molecule has 0 fully saturated rings. The molecule has 0 bridgehead atoms. The van der Waals surface area contributed by atoms with Gasteiger partial charge in [0.1, 0.15) is 11.1 Å². The molecule has 0 saturated carbocycles. The lowest BCUT2D eigenvalue weighted by Gasteiger charge is -1.97. The zero-order valence-corrected chi connectivity index (χ0v) is 14.3. The minimum absolute atomic E-state index is 0.00920. The molecule has 1 heterocycles. The Kier molecular flexibility index (Phi) is 4.89. The number of nitrogens with zero attached hydrogens (tertiary/aromatic N) is 3. The molecule has 3 rings (SSSR count). The molecule has 0 amide bonds. The molecule has 0 atom stereocenters. The van der Waals surface area contributed by atoms with Crippen LogP contribution in [0.15, 0.2) is 53.9 Å². The number of benzene rings is 2. The second-order valence-electron chi connectivity index (χ2n) is 5.06. The SMILES string of the molecule is N#C/C(=C/c1ccc([N+](=O)[O-])cc1)c1nc(-c2ccc(Cl)cc2)cs1. The number of rotatable bonds is 4. The van der Waals surface area contributed by atoms with Gasteiger partial charge in [0.2, 0.25) is 0 Å². The molecular weight excluding hydrogens is 358 g/mol. The van der Waals surface area contributed by atoms with Crippen LogP contribution in [-0.2, 0) is 0 Å². The molecule has 25 heavy (non-hydrogen) atoms. The third kappa shape index (κ3) is 3.91. The molecule has 5 nitrogen and oxygen atoms in total. The highest BCUT2D eigenvalue weighted by molar-refractivity contribution is 7.11. The number of hydrogen-bond donors (Lipinski definition) is 0. The number of allylic oxidation sites excluding steroid dienone is 1. The highest BCUT2D eigenvalue weighted by atomic mass is 35.5. The maximum atomic E-state index is 10.7. The van der Waals surface area contributed by atoms with Gasteiger partial charge in [-0.05, 0) is 35.9 Å². The zero-order chi connectivity index (χ0) is 17.8. The molecule has 0 aliphatic carbocycles. The Morgan fingerprint density at radius 1 is 1.20 bits per heavy atom. The molecule has 7 heteroatoms. The van der Waals surface area contributed by atoms with Crippen molar-refractivity contribution in [2.24, 2.45) is 0 Å². The van der Waals surface area contributed by atoms with Crippen molar-refractivity contribution in [1.82, 2.24) is 4.98 Å². The summed E-state index contributed by atoms with van der Waals surface area (Å²) in [7, 11) is 0. The molecule has 0 radical (unpaired) electrons. The summed E-state index contributed by atoms with van der Waals surface area (Å²) >= 11 is 7.25. The van der Waals surface area contributed by atoms with E-state index in [4.69, 9.17) is 11.6 Å². The van der Waals surface area contributed by atoms with Gasteiger partial charge in [0.25, 0.3) is 5.69 Å². The van der Waals surface area contributed by atoms with Gasteiger partial charge in [-0.1, -0.05) is 23.7 Å². The van der Waals surface area contributed by atoms with Gasteiger partial charge in [-0.25, -0.2) is 4.98 Å². The van der Waals surface area contributed by atoms with E-state index in [1.54, 1.807) is 30.3 Å². The lowest BCUT2D eigenvalue weighted by atomic mass is 10.1. The maximum Gasteiger partial charge on any atom is 0.269 e. The van der Waals surface area contributed by atoms with Gasteiger partial charge in [0.15, 0.2) is 0 Å². The van der Waals surface area contributed by atoms with E-state index in [9.17, 15) is 15.4 Å². The molecule has 1 aromatic heterocycles. The minimum atomic E-state index is -0.460. The van der Waals surface area contributed by atoms with E-state index in [0.29, 0.717) is 21.2 Å². The molecule has 0 N–H and O–H groups in total. The predicted molar refractivity (Wildman–Crippen MR) is 99.1 cm³/mol. The van der Waals surface area contributed by atoms with Gasteiger partial charge < -0.3 is 0 Å². The summed E-state index contributed by atoms with van der Waals surface area (Å²) in [5, 5.41) is 23.2. The van der Waals surface area contributed by atoms with Crippen molar-refractivity contribution in [2.75, 3.05) is 0 Å². The molecule has 0 spiro atoms. The molecule has 3 aromatic rings. The van der Waals surface area contributed by atoms with E-state index in [0.717, 1.165) is 11.3 Å². The standard InChI is InChI=1S/C18H10ClN3O2S/c19-15-5-3-13(4-6-15)17-11-25-18(21-17)14(10-20)9-12-1-7-16(8-2-12)22(23)24/h1-9,11H/b14-9-. The number of hydrogen-bond acceptors (Lipinski definition) is 5. The lowest BCUT2D eigenvalue weighted by molar-refractivity contribution is -0.384. The molecule has 0 unspecified atom stereocenters. The zero-order valence-electron chi connectivity index (χ0n) is 12.7. The molecule has 0 saturated heterocycles. The van der Waals surface area contributed by atoms with Crippen molar-refractivity contribution < 1.29 is 4.92 Å². The van der Waals surface area contributed by atoms with Crippen LogP contribution >= 0.6 is 22.9 Å². The Balaban J connectivity index is 1.90. The second-order valence-corrected chi connectivity index (χ2v) is 6.36. The van der Waals surface area contributed by atoms with E-state index in [-0.39, 0.29) is 5.69 Å². The molecule has 0 aliphatic heterocycles. The monoisotopic (exact) mass is 367 g/mol. The van der Waals surface area contributed by atoms with Crippen molar-refractivity contribution >= 4 is 40.3 Å². The van der Waals surface area contributed by atoms with Crippen LogP contribution in [0.3, 0.4) is 0 Å². The number of aromatic nitrogens is 1. The van der Waals surface area contributed by atoms with Crippen LogP contribution in [0.5, 0.6) is 0 Å². The van der Waals surface area contributed by atoms with E-state index >= 15 is 0 Å². The third-order valence-electron chi connectivity index (χ3n) is 3.41. The average Bonchev–Trinajstić information content (AvgIpc) is 3.10. The number of halogens is 1. The Bertz CT molecular complexity index is 986. The van der Waals surface area contributed by atoms with Crippen LogP contribution in [-0.4, -0.2) is 9.91 Å². The van der Waals surface area contributed by atoms with Crippen LogP contribution in [0.1, 0.15) is 10.6 Å². The van der Waals surface area contributed by atoms with Crippen LogP contribution in [0.2, 0.25) is 5.02 Å². The molecule has 122 valence electrons. The van der Waals surface area contributed by atoms with E-state index in [1.165, 1.54) is 23.5 Å². The van der Waals surface area contributed by atoms with E-state index < -0.39 is 4.92 Å². The van der Waals surface area contributed by atoms with Gasteiger partial charge in [-0.2, -0.15) is 5.26 Å². The molecular formula is C18H10ClN3O2S. The van der Waals surface area contributed by atoms with Gasteiger partial charge in [0, 0.05) is 28.1 Å². The summed E-state index contributed by atoms with van der Waals surface area (Å²) in [4.78, 5) is 14.7. The fraction of sp³-hybridized carbons (Fsp3) is 0. The first kappa shape index (κ1) is 16.8. The van der Waals surface area contributed by atoms with Crippen molar-refractivity contribution in [3.8, 4) is 17.3 Å². The smallest absolute Gasteiger partial charge is 0.258 e. The highest BCUT2D eigenvalue weighted by Crippen LogP contribution is 2.28. The van der Waals surface area contributed by atoms with Crippen LogP contribution in [0.25, 0.3) is 22.9 Å². The highest BCUT2D eigenvalue weighted by Gasteiger charge is 2.10. The van der Waals surface area contributed by atoms with Gasteiger partial charge in [-0.15, -0.1) is 11.3 Å². The minimum Gasteiger partial charge on any atom is -0.258 e. The summed E-state index contributed by atoms with van der Waals surface area (Å²) in [6, 6.07) is 15.4. The number of nitro groups is 1. The van der Waals surface area contributed by atoms with Crippen molar-refractivity contribution in [3.05, 3.63) is 79.6 Å². The first-order valence-electron chi connectivity index (χ1n) is 7.15. The summed E-state index contributed by atoms with van der Waals surface area (Å²) < 4.78 is 0. The second kappa shape index (κ2) is 7.26. The Morgan fingerprint density at radius 3 is 2.48 bits per heavy atom. The lowest BCUT2D eigenvalue weighted by Crippen LogP contribution is -1.87. The van der Waals surface area contributed by atoms with Crippen molar-refractivity contribution in [2.45, 2.75) is 0 Å². The molecule has 2 aromatic carbocycles. The fourth-order valence-electron chi connectivity index (χ4n) is 2.15. The van der Waals surface area contributed by atoms with Gasteiger partial charge in [0.05, 0.1) is 16.2 Å². The number of nitriles is 1. The summed E-state index contributed by atoms with van der Waals surface area (Å²) in [5.41, 5.74) is 2.79. The van der Waals surface area contributed by atoms with Crippen molar-refractivity contribution in [1.29, 1.82) is 5.26 Å². The first-order chi connectivity index (χ1) is 12.1. The largest absolute Gasteiger partial charge is 0.269 e. The summed E-state index contributed by atoms with van der Waals surface area (Å²) in [5.74, 6) is 0. The first-order valence-corrected chi connectivity index (χ1v) is 8.40. The number of non-ortho nitro benzene ring substituents is 1. The van der Waals surface area contributed by atoms with Crippen molar-refractivity contribution in [3.63, 3.8) is 0 Å². The Hall–Kier alpha value is -3.01. The molecule has 0 aliphatic rings. The van der Waals surface area contributed by atoms with Crippen LogP contribution < -0.4 is 0 Å². The quantitative estimate of drug-likeness (QED) is 0.349. The van der Waals surface area contributed by atoms with E-state index in [2.05, 4.69) is 11.1 Å². The van der Waals surface area contributed by atoms with E-state index in [1.807, 2.05) is 17.5 Å². The average molecular weight is 368 g/mol. The predicted octanol–water partition coefficient (Wildman–Crippen LogP) is 5.44. The van der Waals surface area contributed by atoms with Crippen LogP contribution in [0, 0.1) is 21.4 Å². The normalized spacial score (nSPS) is 11.1. The fourth-order valence-corrected chi connectivity index (χ4v) is 3.07. The van der Waals surface area contributed by atoms with Gasteiger partial charge >= 0.3 is 0 Å². The topological polar surface area (TPSA) is 79.8 Å². The summed E-state index contributed by atoms with van der Waals surface area (Å²) in [6.07, 6.45) is 1.66. The number of nitro benzene ring substituents is 1. The van der Waals surface area contributed by atoms with Gasteiger partial charge in [-0.3, -0.25) is 10.1 Å². The third-order valence-corrected chi connectivity index (χ3v) is 4.54.